The maximum absolute atomic E-state index is 11.7. The van der Waals surface area contributed by atoms with E-state index < -0.39 is 0 Å². The summed E-state index contributed by atoms with van der Waals surface area (Å²) in [5.41, 5.74) is 0.917. The zero-order valence-electron chi connectivity index (χ0n) is 9.47. The zero-order valence-corrected chi connectivity index (χ0v) is 10.3. The Labute approximate surface area is 103 Å². The molecule has 2 amide bonds. The number of nitrogens with one attached hydrogen (secondary N) is 2. The van der Waals surface area contributed by atoms with Crippen molar-refractivity contribution >= 4 is 23.6 Å². The van der Waals surface area contributed by atoms with Gasteiger partial charge < -0.3 is 10.2 Å². The van der Waals surface area contributed by atoms with Gasteiger partial charge in [0.25, 0.3) is 0 Å². The highest BCUT2D eigenvalue weighted by Crippen LogP contribution is 2.14. The fourth-order valence-corrected chi connectivity index (χ4v) is 2.49. The van der Waals surface area contributed by atoms with Gasteiger partial charge in [-0.25, -0.2) is 0 Å². The molecule has 6 nitrogen and oxygen atoms in total. The molecule has 0 saturated carbocycles. The fourth-order valence-electron chi connectivity index (χ4n) is 1.58. The molecule has 2 rings (SSSR count). The Morgan fingerprint density at radius 3 is 3.18 bits per heavy atom. The second-order valence-electron chi connectivity index (χ2n) is 3.89. The number of aromatic amines is 1. The van der Waals surface area contributed by atoms with E-state index in [4.69, 9.17) is 0 Å². The van der Waals surface area contributed by atoms with E-state index in [-0.39, 0.29) is 24.4 Å². The highest BCUT2D eigenvalue weighted by atomic mass is 32.2. The molecular weight excluding hydrogens is 240 g/mol. The molecular formula is C10H14N4O2S. The van der Waals surface area contributed by atoms with Gasteiger partial charge >= 0.3 is 0 Å². The zero-order chi connectivity index (χ0) is 12.3. The smallest absolute Gasteiger partial charge is 0.240 e. The van der Waals surface area contributed by atoms with Gasteiger partial charge in [-0.15, -0.1) is 11.8 Å². The molecule has 0 aliphatic carbocycles. The third-order valence-electron chi connectivity index (χ3n) is 2.56. The van der Waals surface area contributed by atoms with E-state index in [2.05, 4.69) is 15.5 Å². The molecule has 1 saturated heterocycles. The number of rotatable bonds is 4. The molecule has 2 N–H and O–H groups in total. The van der Waals surface area contributed by atoms with Gasteiger partial charge in [-0.2, -0.15) is 5.10 Å². The second-order valence-corrected chi connectivity index (χ2v) is 4.85. The van der Waals surface area contributed by atoms with Crippen LogP contribution in [0.3, 0.4) is 0 Å². The number of carbonyl (C=O) groups is 2. The largest absolute Gasteiger partial charge is 0.348 e. The standard InChI is InChI=1S/C10H14N4O2S/c1-7(8-2-11-12-3-8)13-9(15)4-14-6-17-5-10(14)16/h2-3,7H,4-6H2,1H3,(H,11,12)(H,13,15). The molecule has 0 spiro atoms. The predicted molar refractivity (Wildman–Crippen MR) is 64.2 cm³/mol. The summed E-state index contributed by atoms with van der Waals surface area (Å²) in [5, 5.41) is 9.34. The van der Waals surface area contributed by atoms with Crippen molar-refractivity contribution in [2.75, 3.05) is 18.2 Å². The van der Waals surface area contributed by atoms with Crippen LogP contribution in [0.2, 0.25) is 0 Å². The first-order valence-electron chi connectivity index (χ1n) is 5.30. The molecule has 7 heteroatoms. The van der Waals surface area contributed by atoms with Gasteiger partial charge in [0, 0.05) is 11.8 Å². The lowest BCUT2D eigenvalue weighted by Gasteiger charge is -2.17. The lowest BCUT2D eigenvalue weighted by molar-refractivity contribution is -0.132. The average molecular weight is 254 g/mol. The Bertz CT molecular complexity index is 406. The summed E-state index contributed by atoms with van der Waals surface area (Å²) in [6.07, 6.45) is 3.41. The minimum absolute atomic E-state index is 0.0288. The molecule has 0 bridgehead atoms. The summed E-state index contributed by atoms with van der Waals surface area (Å²) in [6.45, 7) is 2.01. The van der Waals surface area contributed by atoms with Gasteiger partial charge in [-0.05, 0) is 6.92 Å². The normalized spacial score (nSPS) is 17.2. The minimum Gasteiger partial charge on any atom is -0.348 e. The molecule has 1 aromatic heterocycles. The Morgan fingerprint density at radius 2 is 2.59 bits per heavy atom. The van der Waals surface area contributed by atoms with Crippen LogP contribution in [0.4, 0.5) is 0 Å². The molecule has 0 radical (unpaired) electrons. The summed E-state index contributed by atoms with van der Waals surface area (Å²) in [5.74, 6) is 0.965. The monoisotopic (exact) mass is 254 g/mol. The molecule has 1 unspecified atom stereocenters. The van der Waals surface area contributed by atoms with Crippen LogP contribution >= 0.6 is 11.8 Å². The Kier molecular flexibility index (Phi) is 3.68. The number of aromatic nitrogens is 2. The molecule has 2 heterocycles. The Hall–Kier alpha value is -1.50. The number of thioether (sulfide) groups is 1. The molecule has 1 atom stereocenters. The maximum Gasteiger partial charge on any atom is 0.240 e. The third kappa shape index (κ3) is 3.00. The van der Waals surface area contributed by atoms with Crippen molar-refractivity contribution in [3.63, 3.8) is 0 Å². The van der Waals surface area contributed by atoms with Crippen molar-refractivity contribution in [1.29, 1.82) is 0 Å². The van der Waals surface area contributed by atoms with Crippen LogP contribution in [0, 0.1) is 0 Å². The predicted octanol–water partition coefficient (Wildman–Crippen LogP) is 0.120. The average Bonchev–Trinajstić information content (AvgIpc) is 2.90. The van der Waals surface area contributed by atoms with Gasteiger partial charge in [0.2, 0.25) is 11.8 Å². The summed E-state index contributed by atoms with van der Waals surface area (Å²) in [4.78, 5) is 24.6. The van der Waals surface area contributed by atoms with Crippen LogP contribution in [-0.2, 0) is 9.59 Å². The number of nitrogens with zero attached hydrogens (tertiary/aromatic N) is 2. The van der Waals surface area contributed by atoms with Crippen LogP contribution in [0.5, 0.6) is 0 Å². The van der Waals surface area contributed by atoms with E-state index in [1.165, 1.54) is 11.8 Å². The second kappa shape index (κ2) is 5.22. The lowest BCUT2D eigenvalue weighted by atomic mass is 10.2. The summed E-state index contributed by atoms with van der Waals surface area (Å²) in [6, 6.07) is -0.105. The van der Waals surface area contributed by atoms with Crippen molar-refractivity contribution in [3.05, 3.63) is 18.0 Å². The van der Waals surface area contributed by atoms with Gasteiger partial charge in [0.1, 0.15) is 6.54 Å². The molecule has 1 aliphatic heterocycles. The first-order chi connectivity index (χ1) is 8.16. The van der Waals surface area contributed by atoms with Crippen molar-refractivity contribution in [2.45, 2.75) is 13.0 Å². The summed E-state index contributed by atoms with van der Waals surface area (Å²) >= 11 is 1.53. The van der Waals surface area contributed by atoms with Crippen LogP contribution in [0.1, 0.15) is 18.5 Å². The Balaban J connectivity index is 1.83. The molecule has 17 heavy (non-hydrogen) atoms. The van der Waals surface area contributed by atoms with E-state index in [9.17, 15) is 9.59 Å². The molecule has 92 valence electrons. The van der Waals surface area contributed by atoms with E-state index in [1.54, 1.807) is 17.3 Å². The molecule has 1 fully saturated rings. The molecule has 1 aliphatic rings. The number of hydrogen-bond acceptors (Lipinski definition) is 4. The third-order valence-corrected chi connectivity index (χ3v) is 3.50. The van der Waals surface area contributed by atoms with Crippen LogP contribution in [-0.4, -0.2) is 45.1 Å². The number of hydrogen-bond donors (Lipinski definition) is 2. The van der Waals surface area contributed by atoms with E-state index in [0.29, 0.717) is 11.6 Å². The number of amides is 2. The quantitative estimate of drug-likeness (QED) is 0.800. The van der Waals surface area contributed by atoms with Gasteiger partial charge in [0.05, 0.1) is 23.9 Å². The highest BCUT2D eigenvalue weighted by molar-refractivity contribution is 8.00. The van der Waals surface area contributed by atoms with Crippen molar-refractivity contribution in [2.24, 2.45) is 0 Å². The first-order valence-corrected chi connectivity index (χ1v) is 6.46. The molecule has 1 aromatic rings. The van der Waals surface area contributed by atoms with Crippen molar-refractivity contribution in [1.82, 2.24) is 20.4 Å². The van der Waals surface area contributed by atoms with Crippen molar-refractivity contribution in [3.8, 4) is 0 Å². The summed E-state index contributed by atoms with van der Waals surface area (Å²) in [7, 11) is 0. The molecule has 0 aromatic carbocycles. The lowest BCUT2D eigenvalue weighted by Crippen LogP contribution is -2.39. The Morgan fingerprint density at radius 1 is 1.76 bits per heavy atom. The van der Waals surface area contributed by atoms with Gasteiger partial charge in [-0.1, -0.05) is 0 Å². The number of H-pyrrole nitrogens is 1. The SMILES string of the molecule is CC(NC(=O)CN1CSCC1=O)c1cn[nH]c1. The van der Waals surface area contributed by atoms with Crippen LogP contribution in [0.25, 0.3) is 0 Å². The highest BCUT2D eigenvalue weighted by Gasteiger charge is 2.23. The van der Waals surface area contributed by atoms with Gasteiger partial charge in [0.15, 0.2) is 0 Å². The van der Waals surface area contributed by atoms with Crippen LogP contribution in [0.15, 0.2) is 12.4 Å². The van der Waals surface area contributed by atoms with E-state index in [1.807, 2.05) is 6.92 Å². The van der Waals surface area contributed by atoms with E-state index >= 15 is 0 Å². The fraction of sp³-hybridized carbons (Fsp3) is 0.500. The topological polar surface area (TPSA) is 78.1 Å². The first kappa shape index (κ1) is 12.0. The minimum atomic E-state index is -0.144. The van der Waals surface area contributed by atoms with Crippen molar-refractivity contribution < 1.29 is 9.59 Å². The summed E-state index contributed by atoms with van der Waals surface area (Å²) < 4.78 is 0. The van der Waals surface area contributed by atoms with E-state index in [0.717, 1.165) is 5.56 Å². The number of carbonyl (C=O) groups excluding carboxylic acids is 2. The van der Waals surface area contributed by atoms with Crippen LogP contribution < -0.4 is 5.32 Å². The van der Waals surface area contributed by atoms with Gasteiger partial charge in [-0.3, -0.25) is 14.7 Å². The maximum atomic E-state index is 11.7.